The Bertz CT molecular complexity index is 212. The maximum atomic E-state index is 14.5. The molecule has 2 heterocycles. The van der Waals surface area contributed by atoms with Gasteiger partial charge < -0.3 is 4.90 Å². The second-order valence-electron chi connectivity index (χ2n) is 5.58. The van der Waals surface area contributed by atoms with Crippen molar-refractivity contribution >= 4 is 0 Å². The van der Waals surface area contributed by atoms with Gasteiger partial charge >= 0.3 is 0 Å². The molecule has 2 rings (SSSR count). The van der Waals surface area contributed by atoms with Crippen molar-refractivity contribution in [2.24, 2.45) is 5.92 Å². The van der Waals surface area contributed by atoms with Crippen LogP contribution < -0.4 is 0 Å². The zero-order chi connectivity index (χ0) is 10.9. The third-order valence-corrected chi connectivity index (χ3v) is 3.90. The van der Waals surface area contributed by atoms with Gasteiger partial charge in [-0.25, -0.2) is 4.39 Å². The van der Waals surface area contributed by atoms with Crippen molar-refractivity contribution in [3.05, 3.63) is 0 Å². The minimum absolute atomic E-state index is 0.672. The molecule has 0 aliphatic carbocycles. The number of nitrogens with zero attached hydrogens (tertiary/aromatic N) is 2. The fraction of sp³-hybridized carbons (Fsp3) is 1.00. The Morgan fingerprint density at radius 2 is 1.93 bits per heavy atom. The number of halogens is 1. The van der Waals surface area contributed by atoms with Crippen LogP contribution in [-0.4, -0.2) is 55.2 Å². The highest BCUT2D eigenvalue weighted by atomic mass is 19.1. The molecule has 0 N–H and O–H groups in total. The van der Waals surface area contributed by atoms with Crippen LogP contribution in [0.1, 0.15) is 26.2 Å². The fourth-order valence-electron chi connectivity index (χ4n) is 2.75. The molecule has 88 valence electrons. The van der Waals surface area contributed by atoms with Gasteiger partial charge in [0.25, 0.3) is 0 Å². The molecule has 2 nitrogen and oxygen atoms in total. The van der Waals surface area contributed by atoms with Gasteiger partial charge in [-0.1, -0.05) is 6.92 Å². The largest absolute Gasteiger partial charge is 0.306 e. The molecule has 15 heavy (non-hydrogen) atoms. The van der Waals surface area contributed by atoms with Crippen LogP contribution in [0.4, 0.5) is 4.39 Å². The number of rotatable bonds is 2. The molecule has 1 atom stereocenters. The highest BCUT2D eigenvalue weighted by Gasteiger charge is 2.36. The summed E-state index contributed by atoms with van der Waals surface area (Å²) in [7, 11) is 2.08. The normalized spacial score (nSPS) is 33.4. The van der Waals surface area contributed by atoms with E-state index in [-0.39, 0.29) is 0 Å². The molecule has 0 aromatic heterocycles. The molecule has 0 amide bonds. The van der Waals surface area contributed by atoms with Crippen molar-refractivity contribution in [2.75, 3.05) is 39.8 Å². The van der Waals surface area contributed by atoms with Gasteiger partial charge in [0.15, 0.2) is 0 Å². The van der Waals surface area contributed by atoms with Gasteiger partial charge in [-0.3, -0.25) is 4.90 Å². The average molecular weight is 214 g/mol. The molecule has 0 spiro atoms. The zero-order valence-electron chi connectivity index (χ0n) is 10.0. The number of likely N-dealkylation sites (tertiary alicyclic amines) is 2. The topological polar surface area (TPSA) is 6.48 Å². The smallest absolute Gasteiger partial charge is 0.126 e. The van der Waals surface area contributed by atoms with E-state index >= 15 is 0 Å². The first-order valence-corrected chi connectivity index (χ1v) is 6.17. The zero-order valence-corrected chi connectivity index (χ0v) is 10.0. The fourth-order valence-corrected chi connectivity index (χ4v) is 2.75. The highest BCUT2D eigenvalue weighted by molar-refractivity contribution is 4.90. The molecule has 0 aromatic carbocycles. The van der Waals surface area contributed by atoms with Crippen LogP contribution in [0.5, 0.6) is 0 Å². The van der Waals surface area contributed by atoms with Crippen LogP contribution in [0.25, 0.3) is 0 Å². The lowest BCUT2D eigenvalue weighted by atomic mass is 9.93. The van der Waals surface area contributed by atoms with Gasteiger partial charge in [0.05, 0.1) is 0 Å². The summed E-state index contributed by atoms with van der Waals surface area (Å²) in [6, 6.07) is 0. The maximum Gasteiger partial charge on any atom is 0.126 e. The van der Waals surface area contributed by atoms with Crippen molar-refractivity contribution in [3.8, 4) is 0 Å². The predicted octanol–water partition coefficient (Wildman–Crippen LogP) is 1.76. The van der Waals surface area contributed by atoms with Crippen LogP contribution in [0.2, 0.25) is 0 Å². The molecular weight excluding hydrogens is 191 g/mol. The van der Waals surface area contributed by atoms with Gasteiger partial charge in [-0.2, -0.15) is 0 Å². The lowest BCUT2D eigenvalue weighted by Gasteiger charge is -2.36. The van der Waals surface area contributed by atoms with Gasteiger partial charge in [-0.15, -0.1) is 0 Å². The Kier molecular flexibility index (Phi) is 3.31. The van der Waals surface area contributed by atoms with E-state index in [1.807, 2.05) is 0 Å². The molecule has 3 heteroatoms. The van der Waals surface area contributed by atoms with Crippen LogP contribution >= 0.6 is 0 Å². The van der Waals surface area contributed by atoms with E-state index < -0.39 is 5.67 Å². The number of hydrogen-bond acceptors (Lipinski definition) is 2. The van der Waals surface area contributed by atoms with Crippen molar-refractivity contribution in [2.45, 2.75) is 31.9 Å². The molecule has 2 aliphatic rings. The number of alkyl halides is 1. The molecule has 2 fully saturated rings. The standard InChI is InChI=1S/C12H23FN2/c1-11-3-6-15(9-11)10-12(13)4-7-14(2)8-5-12/h11H,3-10H2,1-2H3/t11-/m0/s1. The first kappa shape index (κ1) is 11.3. The summed E-state index contributed by atoms with van der Waals surface area (Å²) in [6.45, 7) is 6.97. The summed E-state index contributed by atoms with van der Waals surface area (Å²) >= 11 is 0. The third-order valence-electron chi connectivity index (χ3n) is 3.90. The van der Waals surface area contributed by atoms with Gasteiger partial charge in [0.1, 0.15) is 5.67 Å². The second kappa shape index (κ2) is 4.38. The minimum atomic E-state index is -0.906. The van der Waals surface area contributed by atoms with Crippen LogP contribution in [-0.2, 0) is 0 Å². The summed E-state index contributed by atoms with van der Waals surface area (Å²) in [5.41, 5.74) is -0.906. The van der Waals surface area contributed by atoms with Crippen LogP contribution in [0.3, 0.4) is 0 Å². The van der Waals surface area contributed by atoms with Gasteiger partial charge in [-0.05, 0) is 38.8 Å². The number of piperidine rings is 1. The predicted molar refractivity (Wildman–Crippen MR) is 60.8 cm³/mol. The summed E-state index contributed by atoms with van der Waals surface area (Å²) in [5.74, 6) is 0.764. The van der Waals surface area contributed by atoms with Crippen molar-refractivity contribution < 1.29 is 4.39 Å². The third kappa shape index (κ3) is 2.91. The highest BCUT2D eigenvalue weighted by Crippen LogP contribution is 2.29. The summed E-state index contributed by atoms with van der Waals surface area (Å²) in [6.07, 6.45) is 2.68. The summed E-state index contributed by atoms with van der Waals surface area (Å²) in [4.78, 5) is 4.54. The van der Waals surface area contributed by atoms with Crippen LogP contribution in [0, 0.1) is 5.92 Å². The van der Waals surface area contributed by atoms with E-state index in [1.165, 1.54) is 6.42 Å². The molecular formula is C12H23FN2. The average Bonchev–Trinajstić information content (AvgIpc) is 2.57. The van der Waals surface area contributed by atoms with Crippen molar-refractivity contribution in [1.82, 2.24) is 9.80 Å². The van der Waals surface area contributed by atoms with E-state index in [0.717, 1.165) is 32.1 Å². The molecule has 0 aromatic rings. The Morgan fingerprint density at radius 3 is 2.47 bits per heavy atom. The Balaban J connectivity index is 1.82. The van der Waals surface area contributed by atoms with E-state index in [2.05, 4.69) is 23.8 Å². The first-order chi connectivity index (χ1) is 7.07. The van der Waals surface area contributed by atoms with Gasteiger partial charge in [0.2, 0.25) is 0 Å². The first-order valence-electron chi connectivity index (χ1n) is 6.17. The molecule has 2 aliphatic heterocycles. The van der Waals surface area contributed by atoms with E-state index in [9.17, 15) is 4.39 Å². The van der Waals surface area contributed by atoms with E-state index in [1.54, 1.807) is 0 Å². The summed E-state index contributed by atoms with van der Waals surface area (Å²) < 4.78 is 14.5. The Hall–Kier alpha value is -0.150. The SMILES string of the molecule is C[C@H]1CCN(CC2(F)CCN(C)CC2)C1. The summed E-state index contributed by atoms with van der Waals surface area (Å²) in [5, 5.41) is 0. The maximum absolute atomic E-state index is 14.5. The molecule has 0 unspecified atom stereocenters. The Labute approximate surface area is 92.4 Å². The van der Waals surface area contributed by atoms with Crippen molar-refractivity contribution in [1.29, 1.82) is 0 Å². The molecule has 0 bridgehead atoms. The second-order valence-corrected chi connectivity index (χ2v) is 5.58. The molecule has 2 saturated heterocycles. The van der Waals surface area contributed by atoms with E-state index in [4.69, 9.17) is 0 Å². The van der Waals surface area contributed by atoms with Crippen LogP contribution in [0.15, 0.2) is 0 Å². The van der Waals surface area contributed by atoms with Crippen molar-refractivity contribution in [3.63, 3.8) is 0 Å². The molecule has 0 saturated carbocycles. The van der Waals surface area contributed by atoms with Gasteiger partial charge in [0, 0.05) is 26.2 Å². The Morgan fingerprint density at radius 1 is 1.27 bits per heavy atom. The number of hydrogen-bond donors (Lipinski definition) is 0. The lowest BCUT2D eigenvalue weighted by molar-refractivity contribution is 0.0375. The lowest BCUT2D eigenvalue weighted by Crippen LogP contribution is -2.46. The minimum Gasteiger partial charge on any atom is -0.306 e. The van der Waals surface area contributed by atoms with E-state index in [0.29, 0.717) is 19.4 Å². The molecule has 0 radical (unpaired) electrons. The quantitative estimate of drug-likeness (QED) is 0.691. The monoisotopic (exact) mass is 214 g/mol.